The van der Waals surface area contributed by atoms with Crippen molar-refractivity contribution < 1.29 is 31.1 Å². The fourth-order valence-electron chi connectivity index (χ4n) is 0.921. The van der Waals surface area contributed by atoms with Crippen molar-refractivity contribution in [3.8, 4) is 6.01 Å². The van der Waals surface area contributed by atoms with Gasteiger partial charge in [0, 0.05) is 7.05 Å². The molecule has 19 heavy (non-hydrogen) atoms. The lowest BCUT2D eigenvalue weighted by Crippen LogP contribution is -2.46. The third-order valence-electron chi connectivity index (χ3n) is 1.63. The van der Waals surface area contributed by atoms with Gasteiger partial charge in [-0.15, -0.1) is 0 Å². The van der Waals surface area contributed by atoms with E-state index in [0.29, 0.717) is 0 Å². The molecule has 0 aliphatic heterocycles. The standard InChI is InChI=1S/C7H5ClF6N4O/c1-15-4-16-3(8)17-5(18-4)19-2(6(9,10)11)7(12,13)14/h2H,1H3,(H,15,16,17,18). The molecular weight excluding hydrogens is 306 g/mol. The summed E-state index contributed by atoms with van der Waals surface area (Å²) in [6, 6.07) is -1.19. The van der Waals surface area contributed by atoms with Gasteiger partial charge in [-0.05, 0) is 11.6 Å². The molecule has 1 N–H and O–H groups in total. The molecule has 5 nitrogen and oxygen atoms in total. The first-order chi connectivity index (χ1) is 8.54. The first-order valence-corrected chi connectivity index (χ1v) is 4.81. The molecular formula is C7H5ClF6N4O. The predicted octanol–water partition coefficient (Wildman–Crippen LogP) is 2.44. The van der Waals surface area contributed by atoms with E-state index in [1.165, 1.54) is 7.05 Å². The van der Waals surface area contributed by atoms with E-state index >= 15 is 0 Å². The zero-order valence-corrected chi connectivity index (χ0v) is 9.73. The Morgan fingerprint density at radius 2 is 1.58 bits per heavy atom. The molecule has 1 aromatic rings. The van der Waals surface area contributed by atoms with Crippen LogP contribution < -0.4 is 10.1 Å². The molecule has 0 aliphatic carbocycles. The van der Waals surface area contributed by atoms with Gasteiger partial charge in [0.05, 0.1) is 0 Å². The SMILES string of the molecule is CNc1nc(Cl)nc(OC(C(F)(F)F)C(F)(F)F)n1. The molecule has 108 valence electrons. The average molecular weight is 311 g/mol. The van der Waals surface area contributed by atoms with E-state index < -0.39 is 29.8 Å². The summed E-state index contributed by atoms with van der Waals surface area (Å²) < 4.78 is 77.0. The number of nitrogens with one attached hydrogen (secondary N) is 1. The van der Waals surface area contributed by atoms with Gasteiger partial charge in [0.25, 0.3) is 6.10 Å². The summed E-state index contributed by atoms with van der Waals surface area (Å²) in [5, 5.41) is 1.66. The molecule has 1 rings (SSSR count). The molecule has 0 saturated heterocycles. The van der Waals surface area contributed by atoms with Gasteiger partial charge in [-0.1, -0.05) is 0 Å². The molecule has 0 bridgehead atoms. The quantitative estimate of drug-likeness (QED) is 0.869. The van der Waals surface area contributed by atoms with Crippen molar-refractivity contribution in [1.82, 2.24) is 15.0 Å². The first-order valence-electron chi connectivity index (χ1n) is 4.43. The Bertz CT molecular complexity index is 436. The lowest BCUT2D eigenvalue weighted by atomic mass is 10.3. The number of hydrogen-bond acceptors (Lipinski definition) is 5. The van der Waals surface area contributed by atoms with Crippen LogP contribution in [0.25, 0.3) is 0 Å². The van der Waals surface area contributed by atoms with Crippen molar-refractivity contribution in [2.24, 2.45) is 0 Å². The monoisotopic (exact) mass is 310 g/mol. The highest BCUT2D eigenvalue weighted by molar-refractivity contribution is 6.28. The lowest BCUT2D eigenvalue weighted by molar-refractivity contribution is -0.301. The maximum atomic E-state index is 12.2. The molecule has 0 unspecified atom stereocenters. The van der Waals surface area contributed by atoms with Crippen LogP contribution in [0.4, 0.5) is 32.3 Å². The molecule has 0 spiro atoms. The van der Waals surface area contributed by atoms with E-state index in [1.54, 1.807) is 0 Å². The smallest absolute Gasteiger partial charge is 0.434 e. The topological polar surface area (TPSA) is 59.9 Å². The highest BCUT2D eigenvalue weighted by Gasteiger charge is 2.59. The minimum absolute atomic E-state index is 0.335. The largest absolute Gasteiger partial charge is 0.440 e. The minimum Gasteiger partial charge on any atom is -0.440 e. The zero-order valence-electron chi connectivity index (χ0n) is 8.97. The molecule has 1 aromatic heterocycles. The van der Waals surface area contributed by atoms with Crippen LogP contribution in [0.1, 0.15) is 0 Å². The van der Waals surface area contributed by atoms with Crippen LogP contribution >= 0.6 is 11.6 Å². The summed E-state index contributed by atoms with van der Waals surface area (Å²) >= 11 is 5.30. The van der Waals surface area contributed by atoms with Crippen molar-refractivity contribution in [3.63, 3.8) is 0 Å². The van der Waals surface area contributed by atoms with Crippen molar-refractivity contribution in [1.29, 1.82) is 0 Å². The second kappa shape index (κ2) is 5.23. The van der Waals surface area contributed by atoms with E-state index in [2.05, 4.69) is 25.0 Å². The van der Waals surface area contributed by atoms with Gasteiger partial charge in [0.15, 0.2) is 0 Å². The Labute approximate surface area is 107 Å². The second-order valence-corrected chi connectivity index (χ2v) is 3.38. The van der Waals surface area contributed by atoms with E-state index in [0.717, 1.165) is 0 Å². The van der Waals surface area contributed by atoms with Crippen molar-refractivity contribution in [2.75, 3.05) is 12.4 Å². The number of aromatic nitrogens is 3. The van der Waals surface area contributed by atoms with Crippen LogP contribution in [0.5, 0.6) is 6.01 Å². The molecule has 12 heteroatoms. The first kappa shape index (κ1) is 15.5. The maximum Gasteiger partial charge on any atom is 0.434 e. The van der Waals surface area contributed by atoms with Gasteiger partial charge in [-0.25, -0.2) is 0 Å². The minimum atomic E-state index is -5.67. The van der Waals surface area contributed by atoms with Crippen LogP contribution in [0, 0.1) is 0 Å². The summed E-state index contributed by atoms with van der Waals surface area (Å²) in [4.78, 5) is 9.58. The Balaban J connectivity index is 3.07. The molecule has 0 fully saturated rings. The van der Waals surface area contributed by atoms with Gasteiger partial charge >= 0.3 is 18.4 Å². The summed E-state index contributed by atoms with van der Waals surface area (Å²) in [5.74, 6) is -0.335. The Morgan fingerprint density at radius 3 is 2.00 bits per heavy atom. The van der Waals surface area contributed by atoms with Gasteiger partial charge in [0.2, 0.25) is 11.2 Å². The van der Waals surface area contributed by atoms with E-state index in [4.69, 9.17) is 11.6 Å². The highest BCUT2D eigenvalue weighted by atomic mass is 35.5. The van der Waals surface area contributed by atoms with Gasteiger partial charge in [-0.2, -0.15) is 41.3 Å². The molecule has 0 saturated carbocycles. The Kier molecular flexibility index (Phi) is 4.28. The number of anilines is 1. The van der Waals surface area contributed by atoms with Gasteiger partial charge in [0.1, 0.15) is 0 Å². The van der Waals surface area contributed by atoms with E-state index in [9.17, 15) is 26.3 Å². The normalized spacial score (nSPS) is 12.7. The van der Waals surface area contributed by atoms with E-state index in [1.807, 2.05) is 0 Å². The predicted molar refractivity (Wildman–Crippen MR) is 50.9 cm³/mol. The summed E-state index contributed by atoms with van der Waals surface area (Å²) in [5.41, 5.74) is 0. The summed E-state index contributed by atoms with van der Waals surface area (Å²) in [6.45, 7) is 0. The zero-order chi connectivity index (χ0) is 14.8. The fraction of sp³-hybridized carbons (Fsp3) is 0.571. The number of nitrogens with zero attached hydrogens (tertiary/aromatic N) is 3. The fourth-order valence-corrected chi connectivity index (χ4v) is 1.07. The Hall–Kier alpha value is -1.52. The van der Waals surface area contributed by atoms with Crippen LogP contribution in [-0.4, -0.2) is 40.5 Å². The molecule has 0 amide bonds. The van der Waals surface area contributed by atoms with Crippen LogP contribution in [-0.2, 0) is 0 Å². The molecule has 0 aliphatic rings. The lowest BCUT2D eigenvalue weighted by Gasteiger charge is -2.22. The number of hydrogen-bond donors (Lipinski definition) is 1. The summed E-state index contributed by atoms with van der Waals surface area (Å²) in [6.07, 6.45) is -15.4. The number of ether oxygens (including phenoxy) is 1. The molecule has 0 atom stereocenters. The van der Waals surface area contributed by atoms with Crippen LogP contribution in [0.15, 0.2) is 0 Å². The second-order valence-electron chi connectivity index (χ2n) is 3.04. The average Bonchev–Trinajstić information content (AvgIpc) is 2.22. The third-order valence-corrected chi connectivity index (χ3v) is 1.80. The van der Waals surface area contributed by atoms with Crippen molar-refractivity contribution >= 4 is 17.5 Å². The highest BCUT2D eigenvalue weighted by Crippen LogP contribution is 2.35. The molecule has 0 aromatic carbocycles. The van der Waals surface area contributed by atoms with Gasteiger partial charge < -0.3 is 10.1 Å². The molecule has 0 radical (unpaired) electrons. The summed E-state index contributed by atoms with van der Waals surface area (Å²) in [7, 11) is 1.28. The van der Waals surface area contributed by atoms with Crippen molar-refractivity contribution in [3.05, 3.63) is 5.28 Å². The number of alkyl halides is 6. The Morgan fingerprint density at radius 1 is 1.05 bits per heavy atom. The molecule has 1 heterocycles. The number of halogens is 7. The third kappa shape index (κ3) is 4.26. The van der Waals surface area contributed by atoms with Gasteiger partial charge in [-0.3, -0.25) is 0 Å². The number of rotatable bonds is 3. The van der Waals surface area contributed by atoms with Crippen LogP contribution in [0.2, 0.25) is 5.28 Å². The van der Waals surface area contributed by atoms with E-state index in [-0.39, 0.29) is 5.95 Å². The van der Waals surface area contributed by atoms with Crippen LogP contribution in [0.3, 0.4) is 0 Å². The maximum absolute atomic E-state index is 12.2. The van der Waals surface area contributed by atoms with Crippen molar-refractivity contribution in [2.45, 2.75) is 18.5 Å².